The SMILES string of the molecule is CCCCCC/C=C\C=C/CCCCCCCC(=O)OC[C@H](COP(=O)(O)OC[C@@H](O)COP(=O)(O)OC[C@@H](COC(=O)CCCCCCCCC)OC(=O)CCCCCCCCCC)OC(=O)CCCCCCCCCCCCCCCCCCCCCCC. The first kappa shape index (κ1) is 88.5. The smallest absolute Gasteiger partial charge is 0.462 e. The van der Waals surface area contributed by atoms with Crippen molar-refractivity contribution in [3.63, 3.8) is 0 Å². The molecule has 0 heterocycles. The van der Waals surface area contributed by atoms with Crippen LogP contribution in [0.4, 0.5) is 0 Å². The number of allylic oxidation sites excluding steroid dienone is 4. The molecule has 91 heavy (non-hydrogen) atoms. The monoisotopic (exact) mass is 1330 g/mol. The van der Waals surface area contributed by atoms with E-state index in [4.69, 9.17) is 37.0 Å². The Labute approximate surface area is 554 Å². The van der Waals surface area contributed by atoms with Gasteiger partial charge in [0, 0.05) is 25.7 Å². The Bertz CT molecular complexity index is 1830. The number of hydrogen-bond acceptors (Lipinski definition) is 15. The first-order valence-electron chi connectivity index (χ1n) is 37.1. The lowest BCUT2D eigenvalue weighted by molar-refractivity contribution is -0.161. The first-order chi connectivity index (χ1) is 44.2. The first-order valence-corrected chi connectivity index (χ1v) is 40.1. The van der Waals surface area contributed by atoms with Gasteiger partial charge in [-0.05, 0) is 51.4 Å². The molecule has 0 bridgehead atoms. The molecule has 19 heteroatoms. The highest BCUT2D eigenvalue weighted by Crippen LogP contribution is 2.45. The fraction of sp³-hybridized carbons (Fsp3) is 0.889. The molecular formula is C72H136O17P2. The summed E-state index contributed by atoms with van der Waals surface area (Å²) in [4.78, 5) is 72.3. The fourth-order valence-corrected chi connectivity index (χ4v) is 12.1. The van der Waals surface area contributed by atoms with Crippen LogP contribution in [-0.2, 0) is 65.4 Å². The summed E-state index contributed by atoms with van der Waals surface area (Å²) in [6, 6.07) is 0. The van der Waals surface area contributed by atoms with Gasteiger partial charge in [-0.2, -0.15) is 0 Å². The van der Waals surface area contributed by atoms with Crippen LogP contribution in [0.15, 0.2) is 24.3 Å². The van der Waals surface area contributed by atoms with Crippen LogP contribution in [0.5, 0.6) is 0 Å². The van der Waals surface area contributed by atoms with Gasteiger partial charge >= 0.3 is 39.5 Å². The maximum Gasteiger partial charge on any atom is 0.472 e. The quantitative estimate of drug-likeness (QED) is 0.0169. The van der Waals surface area contributed by atoms with E-state index in [9.17, 15) is 43.2 Å². The summed E-state index contributed by atoms with van der Waals surface area (Å²) in [6.07, 6.45) is 58.1. The Morgan fingerprint density at radius 1 is 0.308 bits per heavy atom. The van der Waals surface area contributed by atoms with Gasteiger partial charge in [0.2, 0.25) is 0 Å². The molecule has 0 fully saturated rings. The van der Waals surface area contributed by atoms with Crippen molar-refractivity contribution in [2.24, 2.45) is 0 Å². The molecule has 5 atom stereocenters. The third-order valence-electron chi connectivity index (χ3n) is 16.2. The van der Waals surface area contributed by atoms with Gasteiger partial charge in [0.1, 0.15) is 19.3 Å². The number of rotatable bonds is 71. The molecule has 0 amide bonds. The Hall–Kier alpha value is -2.46. The average molecular weight is 1340 g/mol. The van der Waals surface area contributed by atoms with Crippen LogP contribution < -0.4 is 0 Å². The lowest BCUT2D eigenvalue weighted by Crippen LogP contribution is -2.30. The molecule has 3 N–H and O–H groups in total. The molecule has 0 aliphatic carbocycles. The van der Waals surface area contributed by atoms with Gasteiger partial charge in [-0.3, -0.25) is 37.3 Å². The lowest BCUT2D eigenvalue weighted by Gasteiger charge is -2.21. The van der Waals surface area contributed by atoms with Crippen molar-refractivity contribution < 1.29 is 80.2 Å². The lowest BCUT2D eigenvalue weighted by atomic mass is 10.0. The van der Waals surface area contributed by atoms with Gasteiger partial charge in [0.05, 0.1) is 26.4 Å². The second-order valence-corrected chi connectivity index (χ2v) is 28.2. The third kappa shape index (κ3) is 66.0. The summed E-state index contributed by atoms with van der Waals surface area (Å²) in [5, 5.41) is 10.6. The van der Waals surface area contributed by atoms with E-state index in [1.807, 2.05) is 0 Å². The number of phosphoric ester groups is 2. The van der Waals surface area contributed by atoms with Crippen LogP contribution in [0.25, 0.3) is 0 Å². The van der Waals surface area contributed by atoms with E-state index in [1.54, 1.807) is 0 Å². The van der Waals surface area contributed by atoms with Crippen molar-refractivity contribution in [3.05, 3.63) is 24.3 Å². The minimum absolute atomic E-state index is 0.102. The maximum atomic E-state index is 13.0. The van der Waals surface area contributed by atoms with E-state index in [-0.39, 0.29) is 25.7 Å². The molecule has 0 radical (unpaired) electrons. The van der Waals surface area contributed by atoms with Crippen molar-refractivity contribution in [2.45, 2.75) is 373 Å². The topological polar surface area (TPSA) is 237 Å². The molecule has 0 saturated heterocycles. The second kappa shape index (κ2) is 66.2. The van der Waals surface area contributed by atoms with E-state index in [0.29, 0.717) is 25.7 Å². The van der Waals surface area contributed by atoms with E-state index in [2.05, 4.69) is 52.0 Å². The summed E-state index contributed by atoms with van der Waals surface area (Å²) in [5.74, 6) is -2.16. The van der Waals surface area contributed by atoms with Crippen LogP contribution in [0.3, 0.4) is 0 Å². The van der Waals surface area contributed by atoms with Crippen LogP contribution in [-0.4, -0.2) is 96.7 Å². The number of carbonyl (C=O) groups is 4. The molecule has 0 aliphatic rings. The van der Waals surface area contributed by atoms with Gasteiger partial charge in [-0.15, -0.1) is 0 Å². The molecule has 17 nitrogen and oxygen atoms in total. The van der Waals surface area contributed by atoms with Crippen LogP contribution in [0.1, 0.15) is 355 Å². The number of aliphatic hydroxyl groups is 1. The van der Waals surface area contributed by atoms with Crippen molar-refractivity contribution >= 4 is 39.5 Å². The number of unbranched alkanes of at least 4 members (excludes halogenated alkanes) is 42. The predicted molar refractivity (Wildman–Crippen MR) is 368 cm³/mol. The molecule has 0 aromatic carbocycles. The van der Waals surface area contributed by atoms with Crippen molar-refractivity contribution in [1.29, 1.82) is 0 Å². The fourth-order valence-electron chi connectivity index (χ4n) is 10.5. The summed E-state index contributed by atoms with van der Waals surface area (Å²) < 4.78 is 68.1. The second-order valence-electron chi connectivity index (χ2n) is 25.3. The zero-order valence-corrected chi connectivity index (χ0v) is 60.1. The van der Waals surface area contributed by atoms with E-state index in [1.165, 1.54) is 148 Å². The van der Waals surface area contributed by atoms with Crippen molar-refractivity contribution in [2.75, 3.05) is 39.6 Å². The van der Waals surface area contributed by atoms with E-state index < -0.39 is 97.5 Å². The Balaban J connectivity index is 5.16. The number of esters is 4. The molecule has 0 aromatic heterocycles. The molecule has 536 valence electrons. The molecule has 0 aromatic rings. The minimum atomic E-state index is -4.96. The van der Waals surface area contributed by atoms with Gasteiger partial charge in [0.25, 0.3) is 0 Å². The van der Waals surface area contributed by atoms with E-state index >= 15 is 0 Å². The minimum Gasteiger partial charge on any atom is -0.462 e. The molecular weight excluding hydrogens is 1200 g/mol. The molecule has 0 spiro atoms. The summed E-state index contributed by atoms with van der Waals surface area (Å²) in [6.45, 7) is 4.81. The Morgan fingerprint density at radius 2 is 0.527 bits per heavy atom. The number of hydrogen-bond donors (Lipinski definition) is 3. The molecule has 0 saturated carbocycles. The van der Waals surface area contributed by atoms with Gasteiger partial charge in [-0.1, -0.05) is 302 Å². The molecule has 0 aliphatic heterocycles. The summed E-state index contributed by atoms with van der Waals surface area (Å²) >= 11 is 0. The van der Waals surface area contributed by atoms with Gasteiger partial charge in [0.15, 0.2) is 12.2 Å². The maximum absolute atomic E-state index is 13.0. The average Bonchev–Trinajstić information content (AvgIpc) is 3.56. The number of ether oxygens (including phenoxy) is 4. The van der Waals surface area contributed by atoms with Gasteiger partial charge in [-0.25, -0.2) is 9.13 Å². The standard InChI is InChI=1S/C72H136O17P2/c1-5-9-13-17-21-24-26-28-30-31-32-33-34-35-37-39-41-43-47-51-55-59-72(77)89-68(63-83-70(75)57-53-49-46-42-40-38-36-29-27-25-22-18-14-10-6-2)65-87-91(80,81)85-61-66(73)60-84-90(78,79)86-64-67(62-82-69(74)56-52-48-44-20-16-12-8-4)88-71(76)58-54-50-45-23-19-15-11-7-3/h25,27,29,36,66-68,73H,5-24,26,28,30-35,37-65H2,1-4H3,(H,78,79)(H,80,81)/b27-25-,36-29-/t66-,67+,68+/m0/s1. The Kier molecular flexibility index (Phi) is 64.4. The van der Waals surface area contributed by atoms with Gasteiger partial charge < -0.3 is 33.8 Å². The highest BCUT2D eigenvalue weighted by atomic mass is 31.2. The summed E-state index contributed by atoms with van der Waals surface area (Å²) in [7, 11) is -9.90. The summed E-state index contributed by atoms with van der Waals surface area (Å²) in [5.41, 5.74) is 0. The number of phosphoric acid groups is 2. The number of aliphatic hydroxyl groups excluding tert-OH is 1. The Morgan fingerprint density at radius 3 is 0.802 bits per heavy atom. The van der Waals surface area contributed by atoms with Crippen LogP contribution in [0.2, 0.25) is 0 Å². The van der Waals surface area contributed by atoms with Crippen LogP contribution >= 0.6 is 15.6 Å². The zero-order chi connectivity index (χ0) is 66.8. The molecule has 0 rings (SSSR count). The highest BCUT2D eigenvalue weighted by molar-refractivity contribution is 7.47. The third-order valence-corrected chi connectivity index (χ3v) is 18.1. The largest absolute Gasteiger partial charge is 0.472 e. The van der Waals surface area contributed by atoms with Crippen molar-refractivity contribution in [3.8, 4) is 0 Å². The van der Waals surface area contributed by atoms with Crippen LogP contribution in [0, 0.1) is 0 Å². The highest BCUT2D eigenvalue weighted by Gasteiger charge is 2.30. The van der Waals surface area contributed by atoms with E-state index in [0.717, 1.165) is 128 Å². The normalized spacial score (nSPS) is 14.1. The zero-order valence-electron chi connectivity index (χ0n) is 58.3. The predicted octanol–water partition coefficient (Wildman–Crippen LogP) is 20.6. The number of carbonyl (C=O) groups excluding carboxylic acids is 4. The van der Waals surface area contributed by atoms with Crippen molar-refractivity contribution in [1.82, 2.24) is 0 Å². The molecule has 2 unspecified atom stereocenters.